The van der Waals surface area contributed by atoms with Crippen LogP contribution in [0.15, 0.2) is 59.6 Å². The first kappa shape index (κ1) is 18.4. The summed E-state index contributed by atoms with van der Waals surface area (Å²) in [5.74, 6) is 1.81. The Balaban J connectivity index is 1.43. The quantitative estimate of drug-likeness (QED) is 0.673. The molecule has 28 heavy (non-hydrogen) atoms. The second-order valence-electron chi connectivity index (χ2n) is 7.31. The van der Waals surface area contributed by atoms with Crippen molar-refractivity contribution in [1.29, 1.82) is 0 Å². The zero-order chi connectivity index (χ0) is 19.3. The number of hydrogen-bond donors (Lipinski definition) is 2. The van der Waals surface area contributed by atoms with Gasteiger partial charge in [-0.25, -0.2) is 0 Å². The molecule has 0 fully saturated rings. The Morgan fingerprint density at radius 3 is 2.75 bits per heavy atom. The summed E-state index contributed by atoms with van der Waals surface area (Å²) in [7, 11) is 0. The number of fused-ring (bicyclic) bond motifs is 1. The number of aryl methyl sites for hydroxylation is 2. The molecule has 0 aromatic heterocycles. The number of aliphatic imine (C=N–C) groups is 1. The minimum Gasteiger partial charge on any atom is -0.493 e. The van der Waals surface area contributed by atoms with Gasteiger partial charge in [-0.15, -0.1) is 0 Å². The molecule has 4 nitrogen and oxygen atoms in total. The SMILES string of the molecule is Cc1cc(OCCc2cccc3ccccc23)c(C)cc1NC1=NCCCN1. The van der Waals surface area contributed by atoms with Gasteiger partial charge in [-0.1, -0.05) is 42.5 Å². The maximum atomic E-state index is 6.14. The summed E-state index contributed by atoms with van der Waals surface area (Å²) >= 11 is 0. The van der Waals surface area contributed by atoms with Crippen LogP contribution in [0.4, 0.5) is 5.69 Å². The molecule has 1 heterocycles. The lowest BCUT2D eigenvalue weighted by Crippen LogP contribution is -2.35. The second kappa shape index (κ2) is 8.34. The van der Waals surface area contributed by atoms with Gasteiger partial charge < -0.3 is 15.4 Å². The number of rotatable bonds is 5. The topological polar surface area (TPSA) is 45.6 Å². The zero-order valence-electron chi connectivity index (χ0n) is 16.6. The summed E-state index contributed by atoms with van der Waals surface area (Å²) in [6.45, 7) is 6.70. The van der Waals surface area contributed by atoms with Crippen molar-refractivity contribution in [2.45, 2.75) is 26.7 Å². The lowest BCUT2D eigenvalue weighted by Gasteiger charge is -2.19. The highest BCUT2D eigenvalue weighted by molar-refractivity contribution is 5.94. The molecule has 0 atom stereocenters. The molecule has 4 heteroatoms. The van der Waals surface area contributed by atoms with E-state index in [9.17, 15) is 0 Å². The largest absolute Gasteiger partial charge is 0.493 e. The average Bonchev–Trinajstić information content (AvgIpc) is 2.72. The average molecular weight is 374 g/mol. The highest BCUT2D eigenvalue weighted by Gasteiger charge is 2.10. The van der Waals surface area contributed by atoms with E-state index in [-0.39, 0.29) is 0 Å². The van der Waals surface area contributed by atoms with Crippen molar-refractivity contribution in [3.05, 3.63) is 71.3 Å². The molecule has 0 bridgehead atoms. The molecule has 1 aliphatic rings. The molecule has 0 unspecified atom stereocenters. The van der Waals surface area contributed by atoms with Crippen LogP contribution >= 0.6 is 0 Å². The maximum absolute atomic E-state index is 6.14. The summed E-state index contributed by atoms with van der Waals surface area (Å²) in [6.07, 6.45) is 1.98. The van der Waals surface area contributed by atoms with E-state index >= 15 is 0 Å². The van der Waals surface area contributed by atoms with Gasteiger partial charge in [0.05, 0.1) is 6.61 Å². The van der Waals surface area contributed by atoms with Gasteiger partial charge in [-0.2, -0.15) is 0 Å². The highest BCUT2D eigenvalue weighted by atomic mass is 16.5. The van der Waals surface area contributed by atoms with Gasteiger partial charge in [-0.3, -0.25) is 4.99 Å². The van der Waals surface area contributed by atoms with Crippen molar-refractivity contribution in [3.8, 4) is 5.75 Å². The molecule has 0 spiro atoms. The molecule has 0 amide bonds. The first-order valence-electron chi connectivity index (χ1n) is 9.97. The Kier molecular flexibility index (Phi) is 5.47. The smallest absolute Gasteiger partial charge is 0.195 e. The fraction of sp³-hybridized carbons (Fsp3) is 0.292. The van der Waals surface area contributed by atoms with Crippen LogP contribution in [0.2, 0.25) is 0 Å². The van der Waals surface area contributed by atoms with Gasteiger partial charge in [0.25, 0.3) is 0 Å². The second-order valence-corrected chi connectivity index (χ2v) is 7.31. The molecule has 3 aromatic rings. The molecule has 2 N–H and O–H groups in total. The third kappa shape index (κ3) is 4.11. The molecule has 4 rings (SSSR count). The number of nitrogens with one attached hydrogen (secondary N) is 2. The molecule has 1 aliphatic heterocycles. The Morgan fingerprint density at radius 1 is 1.04 bits per heavy atom. The van der Waals surface area contributed by atoms with Crippen molar-refractivity contribution < 1.29 is 4.74 Å². The number of guanidine groups is 1. The van der Waals surface area contributed by atoms with Crippen LogP contribution in [0, 0.1) is 13.8 Å². The normalized spacial score (nSPS) is 13.7. The van der Waals surface area contributed by atoms with Crippen LogP contribution in [0.3, 0.4) is 0 Å². The number of ether oxygens (including phenoxy) is 1. The van der Waals surface area contributed by atoms with Crippen molar-refractivity contribution in [1.82, 2.24) is 5.32 Å². The van der Waals surface area contributed by atoms with Crippen LogP contribution in [-0.2, 0) is 6.42 Å². The molecule has 144 valence electrons. The van der Waals surface area contributed by atoms with Crippen LogP contribution < -0.4 is 15.4 Å². The first-order valence-corrected chi connectivity index (χ1v) is 9.97. The van der Waals surface area contributed by atoms with E-state index in [1.54, 1.807) is 0 Å². The van der Waals surface area contributed by atoms with Gasteiger partial charge in [0, 0.05) is 25.2 Å². The molecule has 0 radical (unpaired) electrons. The standard InChI is InChI=1S/C24H27N3O/c1-17-16-23(18(2)15-22(17)27-24-25-12-6-13-26-24)28-14-11-20-9-5-8-19-7-3-4-10-21(19)20/h3-5,7-10,15-16H,6,11-14H2,1-2H3,(H2,25,26,27). The van der Waals surface area contributed by atoms with Gasteiger partial charge in [-0.05, 0) is 59.9 Å². The first-order chi connectivity index (χ1) is 13.7. The Morgan fingerprint density at radius 2 is 1.89 bits per heavy atom. The monoisotopic (exact) mass is 373 g/mol. The lowest BCUT2D eigenvalue weighted by molar-refractivity contribution is 0.320. The maximum Gasteiger partial charge on any atom is 0.195 e. The number of benzene rings is 3. The Hall–Kier alpha value is -3.01. The number of nitrogens with zero attached hydrogens (tertiary/aromatic N) is 1. The summed E-state index contributed by atoms with van der Waals surface area (Å²) in [4.78, 5) is 4.49. The van der Waals surface area contributed by atoms with E-state index in [2.05, 4.69) is 84.1 Å². The molecule has 0 saturated heterocycles. The fourth-order valence-electron chi connectivity index (χ4n) is 3.61. The minimum absolute atomic E-state index is 0.662. The van der Waals surface area contributed by atoms with Crippen molar-refractivity contribution >= 4 is 22.4 Å². The van der Waals surface area contributed by atoms with Crippen molar-refractivity contribution in [2.75, 3.05) is 25.0 Å². The molecule has 0 saturated carbocycles. The summed E-state index contributed by atoms with van der Waals surface area (Å²) < 4.78 is 6.14. The zero-order valence-corrected chi connectivity index (χ0v) is 16.6. The molecule has 0 aliphatic carbocycles. The molecule has 3 aromatic carbocycles. The predicted molar refractivity (Wildman–Crippen MR) is 118 cm³/mol. The van der Waals surface area contributed by atoms with E-state index in [1.165, 1.54) is 16.3 Å². The highest BCUT2D eigenvalue weighted by Crippen LogP contribution is 2.27. The fourth-order valence-corrected chi connectivity index (χ4v) is 3.61. The summed E-state index contributed by atoms with van der Waals surface area (Å²) in [5.41, 5.74) is 4.68. The number of anilines is 1. The third-order valence-electron chi connectivity index (χ3n) is 5.18. The Labute approximate surface area is 166 Å². The van der Waals surface area contributed by atoms with Gasteiger partial charge in [0.1, 0.15) is 5.75 Å². The van der Waals surface area contributed by atoms with Crippen LogP contribution in [0.1, 0.15) is 23.1 Å². The van der Waals surface area contributed by atoms with Crippen LogP contribution in [-0.4, -0.2) is 25.7 Å². The van der Waals surface area contributed by atoms with Crippen molar-refractivity contribution in [3.63, 3.8) is 0 Å². The van der Waals surface area contributed by atoms with Gasteiger partial charge >= 0.3 is 0 Å². The lowest BCUT2D eigenvalue weighted by atomic mass is 10.0. The van der Waals surface area contributed by atoms with Crippen LogP contribution in [0.25, 0.3) is 10.8 Å². The summed E-state index contributed by atoms with van der Waals surface area (Å²) in [6, 6.07) is 19.2. The van der Waals surface area contributed by atoms with E-state index in [4.69, 9.17) is 4.74 Å². The van der Waals surface area contributed by atoms with E-state index in [0.717, 1.165) is 54.5 Å². The molecular formula is C24H27N3O. The minimum atomic E-state index is 0.662. The van der Waals surface area contributed by atoms with Gasteiger partial charge in [0.2, 0.25) is 0 Å². The van der Waals surface area contributed by atoms with E-state index in [1.807, 2.05) is 0 Å². The molecular weight excluding hydrogens is 346 g/mol. The Bertz CT molecular complexity index is 1000. The number of hydrogen-bond acceptors (Lipinski definition) is 4. The van der Waals surface area contributed by atoms with E-state index in [0.29, 0.717) is 6.61 Å². The van der Waals surface area contributed by atoms with Gasteiger partial charge in [0.15, 0.2) is 5.96 Å². The third-order valence-corrected chi connectivity index (χ3v) is 5.18. The van der Waals surface area contributed by atoms with Crippen LogP contribution in [0.5, 0.6) is 5.75 Å². The van der Waals surface area contributed by atoms with Crippen molar-refractivity contribution in [2.24, 2.45) is 4.99 Å². The van der Waals surface area contributed by atoms with E-state index < -0.39 is 0 Å². The summed E-state index contributed by atoms with van der Waals surface area (Å²) in [5, 5.41) is 9.29. The predicted octanol–water partition coefficient (Wildman–Crippen LogP) is 4.84.